The number of pyridine rings is 1. The number of halogens is 3. The summed E-state index contributed by atoms with van der Waals surface area (Å²) in [6.07, 6.45) is -2.86. The molecule has 1 fully saturated rings. The second-order valence-corrected chi connectivity index (χ2v) is 9.22. The third-order valence-corrected chi connectivity index (χ3v) is 6.38. The summed E-state index contributed by atoms with van der Waals surface area (Å²) < 4.78 is 48.4. The van der Waals surface area contributed by atoms with Gasteiger partial charge in [0.1, 0.15) is 17.4 Å². The summed E-state index contributed by atoms with van der Waals surface area (Å²) in [6.45, 7) is 4.59. The van der Waals surface area contributed by atoms with Crippen LogP contribution in [0.3, 0.4) is 0 Å². The molecule has 0 aliphatic carbocycles. The lowest BCUT2D eigenvalue weighted by molar-refractivity contribution is -0.189. The number of benzene rings is 1. The number of ether oxygens (including phenoxy) is 2. The number of hydrogen-bond donors (Lipinski definition) is 2. The lowest BCUT2D eigenvalue weighted by atomic mass is 10.1. The SMILES string of the molecule is CC(CO)Nc1cc(N2CCc3c(-c4cccc(OC(=O)C(F)(F)F)c4)nc(N4CCOCC4)nc32)ccn1. The van der Waals surface area contributed by atoms with Crippen molar-refractivity contribution in [1.82, 2.24) is 15.0 Å². The lowest BCUT2D eigenvalue weighted by Crippen LogP contribution is -2.37. The van der Waals surface area contributed by atoms with Crippen LogP contribution < -0.4 is 19.9 Å². The van der Waals surface area contributed by atoms with Crippen LogP contribution in [-0.2, 0) is 16.0 Å². The number of rotatable bonds is 7. The Morgan fingerprint density at radius 1 is 1.18 bits per heavy atom. The average Bonchev–Trinajstić information content (AvgIpc) is 3.37. The van der Waals surface area contributed by atoms with E-state index in [9.17, 15) is 23.1 Å². The van der Waals surface area contributed by atoms with Crippen molar-refractivity contribution < 1.29 is 32.5 Å². The molecule has 1 unspecified atom stereocenters. The number of anilines is 4. The van der Waals surface area contributed by atoms with E-state index < -0.39 is 12.1 Å². The van der Waals surface area contributed by atoms with Crippen LogP contribution in [0.2, 0.25) is 0 Å². The molecule has 3 aromatic rings. The molecule has 2 aromatic heterocycles. The average molecular weight is 545 g/mol. The van der Waals surface area contributed by atoms with Crippen LogP contribution in [0, 0.1) is 0 Å². The summed E-state index contributed by atoms with van der Waals surface area (Å²) in [4.78, 5) is 29.5. The Hall–Kier alpha value is -3.97. The first kappa shape index (κ1) is 26.6. The van der Waals surface area contributed by atoms with Gasteiger partial charge >= 0.3 is 12.1 Å². The van der Waals surface area contributed by atoms with Crippen molar-refractivity contribution in [3.05, 3.63) is 48.2 Å². The molecular weight excluding hydrogens is 517 g/mol. The van der Waals surface area contributed by atoms with Gasteiger partial charge in [0, 0.05) is 54.8 Å². The van der Waals surface area contributed by atoms with Crippen molar-refractivity contribution >= 4 is 29.2 Å². The molecule has 206 valence electrons. The number of esters is 1. The van der Waals surface area contributed by atoms with E-state index in [2.05, 4.69) is 15.0 Å². The number of alkyl halides is 3. The number of fused-ring (bicyclic) bond motifs is 1. The van der Waals surface area contributed by atoms with Gasteiger partial charge in [0.05, 0.1) is 25.5 Å². The van der Waals surface area contributed by atoms with Gasteiger partial charge in [0.15, 0.2) is 0 Å². The van der Waals surface area contributed by atoms with Crippen LogP contribution in [0.4, 0.5) is 36.4 Å². The zero-order valence-electron chi connectivity index (χ0n) is 21.1. The molecule has 0 radical (unpaired) electrons. The number of hydrogen-bond acceptors (Lipinski definition) is 10. The predicted molar refractivity (Wildman–Crippen MR) is 137 cm³/mol. The van der Waals surface area contributed by atoms with E-state index in [1.54, 1.807) is 12.3 Å². The van der Waals surface area contributed by atoms with Gasteiger partial charge in [-0.15, -0.1) is 0 Å². The Morgan fingerprint density at radius 2 is 1.97 bits per heavy atom. The van der Waals surface area contributed by atoms with Gasteiger partial charge < -0.3 is 29.7 Å². The lowest BCUT2D eigenvalue weighted by Gasteiger charge is -2.28. The fourth-order valence-electron chi connectivity index (χ4n) is 4.47. The van der Waals surface area contributed by atoms with E-state index in [1.807, 2.05) is 28.9 Å². The minimum Gasteiger partial charge on any atom is -0.420 e. The molecule has 10 nitrogen and oxygen atoms in total. The first-order chi connectivity index (χ1) is 18.7. The van der Waals surface area contributed by atoms with E-state index in [4.69, 9.17) is 14.7 Å². The predicted octanol–water partition coefficient (Wildman–Crippen LogP) is 3.33. The Labute approximate surface area is 222 Å². The van der Waals surface area contributed by atoms with Crippen molar-refractivity contribution in [3.8, 4) is 17.0 Å². The number of aromatic nitrogens is 3. The highest BCUT2D eigenvalue weighted by molar-refractivity contribution is 5.80. The number of nitrogens with one attached hydrogen (secondary N) is 1. The van der Waals surface area contributed by atoms with Crippen molar-refractivity contribution in [1.29, 1.82) is 0 Å². The third-order valence-electron chi connectivity index (χ3n) is 6.38. The molecule has 0 spiro atoms. The standard InChI is InChI=1S/C26H27F3N6O4/c1-16(15-36)31-21-14-18(5-7-30-21)35-8-6-20-22(32-25(33-23(20)35)34-9-11-38-12-10-34)17-3-2-4-19(13-17)39-24(37)26(27,28)29/h2-5,7,13-14,16,36H,6,8-12,15H2,1H3,(H,30,31). The quantitative estimate of drug-likeness (QED) is 0.339. The van der Waals surface area contributed by atoms with Crippen LogP contribution in [0.25, 0.3) is 11.3 Å². The smallest absolute Gasteiger partial charge is 0.420 e. The first-order valence-electron chi connectivity index (χ1n) is 12.5. The molecule has 2 N–H and O–H groups in total. The second-order valence-electron chi connectivity index (χ2n) is 9.22. The van der Waals surface area contributed by atoms with Crippen molar-refractivity contribution in [2.75, 3.05) is 54.6 Å². The first-order valence-corrected chi connectivity index (χ1v) is 12.5. The maximum Gasteiger partial charge on any atom is 0.491 e. The monoisotopic (exact) mass is 544 g/mol. The summed E-state index contributed by atoms with van der Waals surface area (Å²) in [6, 6.07) is 9.45. The number of morpholine rings is 1. The van der Waals surface area contributed by atoms with Crippen LogP contribution in [0.1, 0.15) is 12.5 Å². The molecular formula is C26H27F3N6O4. The normalized spacial score (nSPS) is 16.1. The van der Waals surface area contributed by atoms with Gasteiger partial charge in [0.25, 0.3) is 0 Å². The largest absolute Gasteiger partial charge is 0.491 e. The molecule has 4 heterocycles. The Balaban J connectivity index is 1.55. The summed E-state index contributed by atoms with van der Waals surface area (Å²) in [5.41, 5.74) is 2.71. The van der Waals surface area contributed by atoms with Crippen molar-refractivity contribution in [2.24, 2.45) is 0 Å². The topological polar surface area (TPSA) is 113 Å². The molecule has 39 heavy (non-hydrogen) atoms. The molecule has 0 amide bonds. The van der Waals surface area contributed by atoms with E-state index in [-0.39, 0.29) is 18.4 Å². The molecule has 1 aromatic carbocycles. The van der Waals surface area contributed by atoms with Gasteiger partial charge in [-0.3, -0.25) is 0 Å². The molecule has 0 saturated carbocycles. The Morgan fingerprint density at radius 3 is 2.72 bits per heavy atom. The zero-order chi connectivity index (χ0) is 27.6. The Bertz CT molecular complexity index is 1350. The molecule has 2 aliphatic heterocycles. The number of aliphatic hydroxyl groups is 1. The second kappa shape index (κ2) is 11.0. The number of aliphatic hydroxyl groups excluding tert-OH is 1. The van der Waals surface area contributed by atoms with Gasteiger partial charge in [-0.1, -0.05) is 12.1 Å². The van der Waals surface area contributed by atoms with Crippen molar-refractivity contribution in [3.63, 3.8) is 0 Å². The van der Waals surface area contributed by atoms with Crippen LogP contribution in [0.15, 0.2) is 42.6 Å². The maximum absolute atomic E-state index is 12.8. The number of nitrogens with zero attached hydrogens (tertiary/aromatic N) is 5. The third kappa shape index (κ3) is 5.88. The zero-order valence-corrected chi connectivity index (χ0v) is 21.1. The number of carbonyl (C=O) groups excluding carboxylic acids is 1. The highest BCUT2D eigenvalue weighted by Crippen LogP contribution is 2.40. The molecule has 1 saturated heterocycles. The fourth-order valence-corrected chi connectivity index (χ4v) is 4.47. The van der Waals surface area contributed by atoms with Gasteiger partial charge in [-0.25, -0.2) is 14.8 Å². The van der Waals surface area contributed by atoms with Crippen LogP contribution in [-0.4, -0.2) is 77.7 Å². The van der Waals surface area contributed by atoms with Crippen LogP contribution in [0.5, 0.6) is 5.75 Å². The molecule has 5 rings (SSSR count). The van der Waals surface area contributed by atoms with E-state index >= 15 is 0 Å². The summed E-state index contributed by atoms with van der Waals surface area (Å²) in [7, 11) is 0. The maximum atomic E-state index is 12.8. The summed E-state index contributed by atoms with van der Waals surface area (Å²) in [5.74, 6) is -0.771. The minimum atomic E-state index is -5.11. The molecule has 13 heteroatoms. The van der Waals surface area contributed by atoms with Gasteiger partial charge in [0.2, 0.25) is 5.95 Å². The van der Waals surface area contributed by atoms with E-state index in [0.717, 1.165) is 11.3 Å². The summed E-state index contributed by atoms with van der Waals surface area (Å²) >= 11 is 0. The summed E-state index contributed by atoms with van der Waals surface area (Å²) in [5, 5.41) is 12.5. The van der Waals surface area contributed by atoms with Gasteiger partial charge in [-0.2, -0.15) is 18.2 Å². The number of carbonyl (C=O) groups is 1. The molecule has 0 bridgehead atoms. The van der Waals surface area contributed by atoms with E-state index in [1.165, 1.54) is 18.2 Å². The highest BCUT2D eigenvalue weighted by Gasteiger charge is 2.41. The molecule has 2 aliphatic rings. The van der Waals surface area contributed by atoms with E-state index in [0.29, 0.717) is 68.1 Å². The van der Waals surface area contributed by atoms with Crippen molar-refractivity contribution in [2.45, 2.75) is 25.6 Å². The minimum absolute atomic E-state index is 0.0463. The Kier molecular flexibility index (Phi) is 7.53. The highest BCUT2D eigenvalue weighted by atomic mass is 19.4. The fraction of sp³-hybridized carbons (Fsp3) is 0.385. The van der Waals surface area contributed by atoms with Gasteiger partial charge in [-0.05, 0) is 31.5 Å². The molecule has 1 atom stereocenters. The van der Waals surface area contributed by atoms with Crippen LogP contribution >= 0.6 is 0 Å².